The summed E-state index contributed by atoms with van der Waals surface area (Å²) in [5.41, 5.74) is 3.02. The summed E-state index contributed by atoms with van der Waals surface area (Å²) in [7, 11) is 0. The maximum Gasteiger partial charge on any atom is 0.0402 e. The van der Waals surface area contributed by atoms with Crippen LogP contribution in [0.1, 0.15) is 31.7 Å². The summed E-state index contributed by atoms with van der Waals surface area (Å²) in [6, 6.07) is 9.59. The molecule has 0 aromatic heterocycles. The molecular weight excluding hydrogens is 220 g/mol. The smallest absolute Gasteiger partial charge is 0.0402 e. The molecule has 1 aromatic rings. The lowest BCUT2D eigenvalue weighted by Crippen LogP contribution is -2.30. The minimum Gasteiger partial charge on any atom is -0.368 e. The quantitative estimate of drug-likeness (QED) is 0.876. The summed E-state index contributed by atoms with van der Waals surface area (Å²) in [4.78, 5) is 2.61. The Morgan fingerprint density at radius 2 is 2.22 bits per heavy atom. The first-order chi connectivity index (χ1) is 8.84. The summed E-state index contributed by atoms with van der Waals surface area (Å²) >= 11 is 0. The molecule has 2 atom stereocenters. The van der Waals surface area contributed by atoms with E-state index < -0.39 is 0 Å². The van der Waals surface area contributed by atoms with Crippen LogP contribution in [0.3, 0.4) is 0 Å². The lowest BCUT2D eigenvalue weighted by molar-refractivity contribution is 0.500. The molecule has 3 rings (SSSR count). The van der Waals surface area contributed by atoms with Crippen molar-refractivity contribution >= 4 is 5.69 Å². The molecule has 2 nitrogen and oxygen atoms in total. The predicted octanol–water partition coefficient (Wildman–Crippen LogP) is 2.83. The summed E-state index contributed by atoms with van der Waals surface area (Å²) in [5, 5.41) is 3.46. The number of rotatable bonds is 4. The van der Waals surface area contributed by atoms with Crippen molar-refractivity contribution in [1.29, 1.82) is 0 Å². The number of nitrogens with zero attached hydrogens (tertiary/aromatic N) is 1. The zero-order valence-corrected chi connectivity index (χ0v) is 11.4. The van der Waals surface area contributed by atoms with Gasteiger partial charge in [0, 0.05) is 18.3 Å². The van der Waals surface area contributed by atoms with Crippen molar-refractivity contribution in [2.45, 2.75) is 38.6 Å². The van der Waals surface area contributed by atoms with Gasteiger partial charge in [0.2, 0.25) is 0 Å². The van der Waals surface area contributed by atoms with Crippen LogP contribution in [0.5, 0.6) is 0 Å². The van der Waals surface area contributed by atoms with Gasteiger partial charge in [0.1, 0.15) is 0 Å². The van der Waals surface area contributed by atoms with Crippen LogP contribution >= 0.6 is 0 Å². The first-order valence-electron chi connectivity index (χ1n) is 7.40. The Hall–Kier alpha value is -1.02. The molecule has 0 saturated carbocycles. The van der Waals surface area contributed by atoms with Crippen LogP contribution in [0.15, 0.2) is 24.3 Å². The van der Waals surface area contributed by atoms with Gasteiger partial charge in [-0.2, -0.15) is 0 Å². The lowest BCUT2D eigenvalue weighted by atomic mass is 10.0. The van der Waals surface area contributed by atoms with Gasteiger partial charge in [-0.15, -0.1) is 0 Å². The second-order valence-corrected chi connectivity index (χ2v) is 5.88. The number of anilines is 1. The van der Waals surface area contributed by atoms with Crippen molar-refractivity contribution in [3.05, 3.63) is 29.8 Å². The van der Waals surface area contributed by atoms with Gasteiger partial charge >= 0.3 is 0 Å². The molecule has 1 aromatic carbocycles. The van der Waals surface area contributed by atoms with Crippen LogP contribution in [0, 0.1) is 5.92 Å². The maximum absolute atomic E-state index is 3.46. The molecule has 0 amide bonds. The standard InChI is InChI=1S/C16H24N2/c1-13-11-15-6-2-3-7-16(15)18(13)10-4-5-14-8-9-17-12-14/h2-3,6-7,13-14,17H,4-5,8-12H2,1H3. The van der Waals surface area contributed by atoms with Crippen molar-refractivity contribution in [3.63, 3.8) is 0 Å². The molecule has 2 heteroatoms. The molecular formula is C16H24N2. The topological polar surface area (TPSA) is 15.3 Å². The second kappa shape index (κ2) is 5.31. The van der Waals surface area contributed by atoms with Gasteiger partial charge in [-0.1, -0.05) is 18.2 Å². The molecule has 2 aliphatic rings. The Balaban J connectivity index is 1.56. The molecule has 0 radical (unpaired) electrons. The number of benzene rings is 1. The predicted molar refractivity (Wildman–Crippen MR) is 77.2 cm³/mol. The third-order valence-corrected chi connectivity index (χ3v) is 4.52. The van der Waals surface area contributed by atoms with Crippen molar-refractivity contribution in [2.75, 3.05) is 24.5 Å². The average molecular weight is 244 g/mol. The molecule has 18 heavy (non-hydrogen) atoms. The summed E-state index contributed by atoms with van der Waals surface area (Å²) in [6.45, 7) is 6.06. The van der Waals surface area contributed by atoms with Gasteiger partial charge in [0.25, 0.3) is 0 Å². The highest BCUT2D eigenvalue weighted by atomic mass is 15.2. The van der Waals surface area contributed by atoms with E-state index in [9.17, 15) is 0 Å². The van der Waals surface area contributed by atoms with Gasteiger partial charge in [0.15, 0.2) is 0 Å². The number of hydrogen-bond donors (Lipinski definition) is 1. The van der Waals surface area contributed by atoms with E-state index in [0.717, 1.165) is 5.92 Å². The lowest BCUT2D eigenvalue weighted by Gasteiger charge is -2.25. The molecule has 2 unspecified atom stereocenters. The molecule has 0 bridgehead atoms. The second-order valence-electron chi connectivity index (χ2n) is 5.88. The SMILES string of the molecule is CC1Cc2ccccc2N1CCCC1CCNC1. The molecule has 2 heterocycles. The molecule has 1 fully saturated rings. The van der Waals surface area contributed by atoms with Crippen molar-refractivity contribution in [1.82, 2.24) is 5.32 Å². The van der Waals surface area contributed by atoms with E-state index in [1.165, 1.54) is 56.6 Å². The van der Waals surface area contributed by atoms with Crippen molar-refractivity contribution in [3.8, 4) is 0 Å². The normalized spacial score (nSPS) is 26.6. The van der Waals surface area contributed by atoms with Crippen LogP contribution in [0.25, 0.3) is 0 Å². The number of nitrogens with one attached hydrogen (secondary N) is 1. The van der Waals surface area contributed by atoms with Crippen molar-refractivity contribution < 1.29 is 0 Å². The zero-order chi connectivity index (χ0) is 12.4. The third-order valence-electron chi connectivity index (χ3n) is 4.52. The maximum atomic E-state index is 3.46. The van der Waals surface area contributed by atoms with Crippen LogP contribution < -0.4 is 10.2 Å². The molecule has 1 N–H and O–H groups in total. The Morgan fingerprint density at radius 1 is 1.33 bits per heavy atom. The van der Waals surface area contributed by atoms with Gasteiger partial charge < -0.3 is 10.2 Å². The van der Waals surface area contributed by atoms with Crippen LogP contribution in [0.4, 0.5) is 5.69 Å². The fraction of sp³-hybridized carbons (Fsp3) is 0.625. The molecule has 0 aliphatic carbocycles. The highest BCUT2D eigenvalue weighted by Gasteiger charge is 2.25. The average Bonchev–Trinajstić information content (AvgIpc) is 2.98. The number of hydrogen-bond acceptors (Lipinski definition) is 2. The highest BCUT2D eigenvalue weighted by molar-refractivity contribution is 5.59. The number of fused-ring (bicyclic) bond motifs is 1. The summed E-state index contributed by atoms with van der Waals surface area (Å²) in [6.07, 6.45) is 5.33. The fourth-order valence-electron chi connectivity index (χ4n) is 3.48. The minimum atomic E-state index is 0.684. The van der Waals surface area contributed by atoms with E-state index in [4.69, 9.17) is 0 Å². The minimum absolute atomic E-state index is 0.684. The summed E-state index contributed by atoms with van der Waals surface area (Å²) < 4.78 is 0. The molecule has 0 spiro atoms. The first kappa shape index (κ1) is 12.0. The Morgan fingerprint density at radius 3 is 3.06 bits per heavy atom. The van der Waals surface area contributed by atoms with E-state index in [-0.39, 0.29) is 0 Å². The monoisotopic (exact) mass is 244 g/mol. The van der Waals surface area contributed by atoms with E-state index in [1.54, 1.807) is 0 Å². The van der Waals surface area contributed by atoms with Gasteiger partial charge in [0.05, 0.1) is 0 Å². The molecule has 98 valence electrons. The van der Waals surface area contributed by atoms with E-state index in [2.05, 4.69) is 41.4 Å². The fourth-order valence-corrected chi connectivity index (χ4v) is 3.48. The van der Waals surface area contributed by atoms with Gasteiger partial charge in [-0.25, -0.2) is 0 Å². The van der Waals surface area contributed by atoms with E-state index in [0.29, 0.717) is 6.04 Å². The van der Waals surface area contributed by atoms with Crippen LogP contribution in [0.2, 0.25) is 0 Å². The van der Waals surface area contributed by atoms with E-state index in [1.807, 2.05) is 0 Å². The zero-order valence-electron chi connectivity index (χ0n) is 11.4. The highest BCUT2D eigenvalue weighted by Crippen LogP contribution is 2.32. The number of para-hydroxylation sites is 1. The Labute approximate surface area is 110 Å². The third kappa shape index (κ3) is 2.39. The molecule has 2 aliphatic heterocycles. The first-order valence-corrected chi connectivity index (χ1v) is 7.40. The molecule has 1 saturated heterocycles. The van der Waals surface area contributed by atoms with Gasteiger partial charge in [-0.3, -0.25) is 0 Å². The van der Waals surface area contributed by atoms with Crippen LogP contribution in [-0.4, -0.2) is 25.7 Å². The summed E-state index contributed by atoms with van der Waals surface area (Å²) in [5.74, 6) is 0.929. The van der Waals surface area contributed by atoms with Gasteiger partial charge in [-0.05, 0) is 63.2 Å². The van der Waals surface area contributed by atoms with Crippen LogP contribution in [-0.2, 0) is 6.42 Å². The Bertz CT molecular complexity index is 396. The largest absolute Gasteiger partial charge is 0.368 e. The van der Waals surface area contributed by atoms with E-state index >= 15 is 0 Å². The Kier molecular flexibility index (Phi) is 3.55. The van der Waals surface area contributed by atoms with Crippen molar-refractivity contribution in [2.24, 2.45) is 5.92 Å².